The third-order valence-corrected chi connectivity index (χ3v) is 3.10. The molecule has 2 atom stereocenters. The van der Waals surface area contributed by atoms with Crippen molar-refractivity contribution in [2.24, 2.45) is 0 Å². The van der Waals surface area contributed by atoms with Crippen molar-refractivity contribution >= 4 is 0 Å². The van der Waals surface area contributed by atoms with Gasteiger partial charge in [-0.25, -0.2) is 0 Å². The van der Waals surface area contributed by atoms with Gasteiger partial charge in [0.15, 0.2) is 0 Å². The fourth-order valence-electron chi connectivity index (χ4n) is 1.78. The van der Waals surface area contributed by atoms with E-state index in [4.69, 9.17) is 4.74 Å². The van der Waals surface area contributed by atoms with Gasteiger partial charge in [-0.3, -0.25) is 0 Å². The average Bonchev–Trinajstić information content (AvgIpc) is 2.37. The van der Waals surface area contributed by atoms with Crippen LogP contribution in [-0.4, -0.2) is 24.3 Å². The van der Waals surface area contributed by atoms with Crippen LogP contribution in [0.3, 0.4) is 0 Å². The third-order valence-electron chi connectivity index (χ3n) is 3.10. The van der Waals surface area contributed by atoms with E-state index in [0.717, 1.165) is 23.3 Å². The van der Waals surface area contributed by atoms with Crippen molar-refractivity contribution < 1.29 is 9.84 Å². The number of hydrogen-bond acceptors (Lipinski definition) is 3. The van der Waals surface area contributed by atoms with Crippen LogP contribution in [0.1, 0.15) is 44.4 Å². The number of hydrogen-bond donors (Lipinski definition) is 2. The van der Waals surface area contributed by atoms with Gasteiger partial charge in [0, 0.05) is 18.2 Å². The maximum atomic E-state index is 10.3. The Kier molecular flexibility index (Phi) is 6.16. The number of ether oxygens (including phenoxy) is 1. The van der Waals surface area contributed by atoms with Crippen LogP contribution in [0, 0.1) is 6.92 Å². The Morgan fingerprint density at radius 1 is 1.33 bits per heavy atom. The smallest absolute Gasteiger partial charge is 0.125 e. The van der Waals surface area contributed by atoms with E-state index in [1.54, 1.807) is 0 Å². The summed E-state index contributed by atoms with van der Waals surface area (Å²) in [7, 11) is 0. The summed E-state index contributed by atoms with van der Waals surface area (Å²) < 4.78 is 5.56. The lowest BCUT2D eigenvalue weighted by Gasteiger charge is -2.19. The van der Waals surface area contributed by atoms with Gasteiger partial charge in [-0.15, -0.1) is 0 Å². The molecule has 2 unspecified atom stereocenters. The zero-order valence-electron chi connectivity index (χ0n) is 11.9. The molecule has 0 aliphatic heterocycles. The SMILES string of the molecule is CCOc1ccc(C)cc1C(O)CNC(C)CC. The Morgan fingerprint density at radius 3 is 2.67 bits per heavy atom. The maximum absolute atomic E-state index is 10.3. The second kappa shape index (κ2) is 7.39. The van der Waals surface area contributed by atoms with E-state index < -0.39 is 6.10 Å². The first-order chi connectivity index (χ1) is 8.58. The molecular weight excluding hydrogens is 226 g/mol. The highest BCUT2D eigenvalue weighted by Gasteiger charge is 2.14. The van der Waals surface area contributed by atoms with E-state index in [1.165, 1.54) is 0 Å². The van der Waals surface area contributed by atoms with Crippen LogP contribution in [0.25, 0.3) is 0 Å². The molecule has 0 heterocycles. The molecule has 0 bridgehead atoms. The van der Waals surface area contributed by atoms with Crippen LogP contribution in [0.4, 0.5) is 0 Å². The molecule has 0 amide bonds. The minimum absolute atomic E-state index is 0.417. The van der Waals surface area contributed by atoms with Gasteiger partial charge in [0.25, 0.3) is 0 Å². The molecule has 0 saturated heterocycles. The van der Waals surface area contributed by atoms with Crippen molar-refractivity contribution in [3.05, 3.63) is 29.3 Å². The average molecular weight is 251 g/mol. The summed E-state index contributed by atoms with van der Waals surface area (Å²) >= 11 is 0. The lowest BCUT2D eigenvalue weighted by atomic mass is 10.0. The number of aliphatic hydroxyl groups excluding tert-OH is 1. The Labute approximate surface area is 110 Å². The van der Waals surface area contributed by atoms with Gasteiger partial charge in [0.1, 0.15) is 5.75 Å². The van der Waals surface area contributed by atoms with Crippen molar-refractivity contribution in [1.82, 2.24) is 5.32 Å². The van der Waals surface area contributed by atoms with E-state index in [9.17, 15) is 5.11 Å². The number of rotatable bonds is 7. The monoisotopic (exact) mass is 251 g/mol. The Hall–Kier alpha value is -1.06. The van der Waals surface area contributed by atoms with Crippen LogP contribution in [0.5, 0.6) is 5.75 Å². The van der Waals surface area contributed by atoms with Crippen LogP contribution in [0.2, 0.25) is 0 Å². The van der Waals surface area contributed by atoms with Gasteiger partial charge in [0.05, 0.1) is 12.7 Å². The molecule has 0 radical (unpaired) electrons. The van der Waals surface area contributed by atoms with Gasteiger partial charge in [-0.1, -0.05) is 18.6 Å². The van der Waals surface area contributed by atoms with Crippen LogP contribution < -0.4 is 10.1 Å². The molecule has 0 fully saturated rings. The topological polar surface area (TPSA) is 41.5 Å². The van der Waals surface area contributed by atoms with Gasteiger partial charge in [-0.05, 0) is 39.3 Å². The second-order valence-electron chi connectivity index (χ2n) is 4.71. The minimum Gasteiger partial charge on any atom is -0.493 e. The molecule has 0 aliphatic carbocycles. The molecule has 18 heavy (non-hydrogen) atoms. The van der Waals surface area contributed by atoms with Crippen molar-refractivity contribution in [3.8, 4) is 5.75 Å². The number of aryl methyl sites for hydroxylation is 1. The first-order valence-corrected chi connectivity index (χ1v) is 6.73. The van der Waals surface area contributed by atoms with Crippen molar-refractivity contribution in [2.45, 2.75) is 46.3 Å². The predicted octanol–water partition coefficient (Wildman–Crippen LogP) is 2.82. The standard InChI is InChI=1S/C15H25NO2/c1-5-12(4)16-10-14(17)13-9-11(3)7-8-15(13)18-6-2/h7-9,12,14,16-17H,5-6,10H2,1-4H3. The molecule has 3 heteroatoms. The second-order valence-corrected chi connectivity index (χ2v) is 4.71. The normalized spacial score (nSPS) is 14.3. The minimum atomic E-state index is -0.527. The largest absolute Gasteiger partial charge is 0.493 e. The molecular formula is C15H25NO2. The van der Waals surface area contributed by atoms with Crippen LogP contribution >= 0.6 is 0 Å². The Morgan fingerprint density at radius 2 is 2.06 bits per heavy atom. The molecule has 2 N–H and O–H groups in total. The number of aliphatic hydroxyl groups is 1. The summed E-state index contributed by atoms with van der Waals surface area (Å²) in [5.41, 5.74) is 2.00. The summed E-state index contributed by atoms with van der Waals surface area (Å²) in [6.07, 6.45) is 0.527. The zero-order valence-corrected chi connectivity index (χ0v) is 11.9. The van der Waals surface area contributed by atoms with Gasteiger partial charge < -0.3 is 15.2 Å². The highest BCUT2D eigenvalue weighted by Crippen LogP contribution is 2.26. The van der Waals surface area contributed by atoms with Crippen molar-refractivity contribution in [1.29, 1.82) is 0 Å². The first-order valence-electron chi connectivity index (χ1n) is 6.73. The van der Waals surface area contributed by atoms with Crippen LogP contribution in [0.15, 0.2) is 18.2 Å². The summed E-state index contributed by atoms with van der Waals surface area (Å²) in [6.45, 7) is 9.39. The molecule has 1 rings (SSSR count). The van der Waals surface area contributed by atoms with E-state index in [2.05, 4.69) is 19.2 Å². The fourth-order valence-corrected chi connectivity index (χ4v) is 1.78. The van der Waals surface area contributed by atoms with Gasteiger partial charge in [0.2, 0.25) is 0 Å². The highest BCUT2D eigenvalue weighted by atomic mass is 16.5. The summed E-state index contributed by atoms with van der Waals surface area (Å²) in [5, 5.41) is 13.6. The summed E-state index contributed by atoms with van der Waals surface area (Å²) in [6, 6.07) is 6.35. The Balaban J connectivity index is 2.76. The van der Waals surface area contributed by atoms with E-state index >= 15 is 0 Å². The van der Waals surface area contributed by atoms with E-state index in [1.807, 2.05) is 32.0 Å². The Bertz CT molecular complexity index is 366. The zero-order chi connectivity index (χ0) is 13.5. The first kappa shape index (κ1) is 15.0. The van der Waals surface area contributed by atoms with Gasteiger partial charge >= 0.3 is 0 Å². The predicted molar refractivity (Wildman–Crippen MR) is 75.1 cm³/mol. The molecule has 3 nitrogen and oxygen atoms in total. The van der Waals surface area contributed by atoms with Gasteiger partial charge in [-0.2, -0.15) is 0 Å². The van der Waals surface area contributed by atoms with E-state index in [-0.39, 0.29) is 0 Å². The lowest BCUT2D eigenvalue weighted by Crippen LogP contribution is -2.30. The highest BCUT2D eigenvalue weighted by molar-refractivity contribution is 5.38. The summed E-state index contributed by atoms with van der Waals surface area (Å²) in [4.78, 5) is 0. The van der Waals surface area contributed by atoms with Crippen molar-refractivity contribution in [3.63, 3.8) is 0 Å². The molecule has 0 aromatic heterocycles. The quantitative estimate of drug-likeness (QED) is 0.783. The van der Waals surface area contributed by atoms with Crippen LogP contribution in [-0.2, 0) is 0 Å². The molecule has 102 valence electrons. The third kappa shape index (κ3) is 4.31. The molecule has 0 aliphatic rings. The molecule has 0 spiro atoms. The molecule has 1 aromatic rings. The lowest BCUT2D eigenvalue weighted by molar-refractivity contribution is 0.164. The maximum Gasteiger partial charge on any atom is 0.125 e. The molecule has 1 aromatic carbocycles. The van der Waals surface area contributed by atoms with Crippen molar-refractivity contribution in [2.75, 3.05) is 13.2 Å². The van der Waals surface area contributed by atoms with E-state index in [0.29, 0.717) is 19.2 Å². The fraction of sp³-hybridized carbons (Fsp3) is 0.600. The summed E-state index contributed by atoms with van der Waals surface area (Å²) in [5.74, 6) is 0.779. The number of benzene rings is 1. The molecule has 0 saturated carbocycles. The number of nitrogens with one attached hydrogen (secondary N) is 1.